The molecular weight excluding hydrogens is 342 g/mol. The SMILES string of the molecule is CSc1ccc(/C=C2/C(C)=C(CC(=O)O)c3cc(F)c(F)cc32)cc1. The summed E-state index contributed by atoms with van der Waals surface area (Å²) in [5.41, 5.74) is 3.87. The van der Waals surface area contributed by atoms with Gasteiger partial charge in [0.25, 0.3) is 0 Å². The molecule has 0 radical (unpaired) electrons. The third-order valence-corrected chi connectivity index (χ3v) is 5.03. The standard InChI is InChI=1S/C20H16F2O2S/c1-11-14(7-12-3-5-13(25-2)6-4-12)16-8-18(21)19(22)9-17(16)15(11)10-20(23)24/h3-9H,10H2,1-2H3,(H,23,24)/b14-7-. The molecule has 0 saturated heterocycles. The third-order valence-electron chi connectivity index (χ3n) is 4.29. The van der Waals surface area contributed by atoms with Crippen LogP contribution in [0.3, 0.4) is 0 Å². The summed E-state index contributed by atoms with van der Waals surface area (Å²) < 4.78 is 27.4. The summed E-state index contributed by atoms with van der Waals surface area (Å²) in [5.74, 6) is -2.91. The number of hydrogen-bond donors (Lipinski definition) is 1. The second-order valence-electron chi connectivity index (χ2n) is 5.82. The highest BCUT2D eigenvalue weighted by molar-refractivity contribution is 7.98. The Labute approximate surface area is 148 Å². The number of carboxylic acid groups (broad SMARTS) is 1. The second-order valence-corrected chi connectivity index (χ2v) is 6.70. The molecule has 0 bridgehead atoms. The first-order valence-electron chi connectivity index (χ1n) is 7.68. The van der Waals surface area contributed by atoms with Crippen LogP contribution in [0.2, 0.25) is 0 Å². The lowest BCUT2D eigenvalue weighted by Gasteiger charge is -2.06. The van der Waals surface area contributed by atoms with E-state index in [2.05, 4.69) is 0 Å². The topological polar surface area (TPSA) is 37.3 Å². The quantitative estimate of drug-likeness (QED) is 0.735. The molecule has 0 unspecified atom stereocenters. The summed E-state index contributed by atoms with van der Waals surface area (Å²) in [5, 5.41) is 9.15. The molecule has 2 aromatic rings. The van der Waals surface area contributed by atoms with Crippen molar-refractivity contribution in [1.29, 1.82) is 0 Å². The van der Waals surface area contributed by atoms with Gasteiger partial charge in [0.1, 0.15) is 0 Å². The van der Waals surface area contributed by atoms with Gasteiger partial charge in [-0.1, -0.05) is 12.1 Å². The van der Waals surface area contributed by atoms with Crippen molar-refractivity contribution >= 4 is 35.0 Å². The van der Waals surface area contributed by atoms with Crippen LogP contribution in [0.4, 0.5) is 8.78 Å². The molecule has 0 aromatic heterocycles. The summed E-state index contributed by atoms with van der Waals surface area (Å²) in [6.07, 6.45) is 3.64. The molecule has 0 fully saturated rings. The van der Waals surface area contributed by atoms with E-state index in [4.69, 9.17) is 5.11 Å². The van der Waals surface area contributed by atoms with Crippen LogP contribution in [0.15, 0.2) is 46.9 Å². The van der Waals surface area contributed by atoms with Gasteiger partial charge in [0.2, 0.25) is 0 Å². The predicted molar refractivity (Wildman–Crippen MR) is 97.3 cm³/mol. The lowest BCUT2D eigenvalue weighted by molar-refractivity contribution is -0.135. The number of thioether (sulfide) groups is 1. The zero-order valence-corrected chi connectivity index (χ0v) is 14.6. The summed E-state index contributed by atoms with van der Waals surface area (Å²) in [6, 6.07) is 10.1. The zero-order chi connectivity index (χ0) is 18.1. The fourth-order valence-corrected chi connectivity index (χ4v) is 3.43. The van der Waals surface area contributed by atoms with Gasteiger partial charge in [-0.25, -0.2) is 8.78 Å². The lowest BCUT2D eigenvalue weighted by atomic mass is 10.0. The molecule has 1 N–H and O–H groups in total. The predicted octanol–water partition coefficient (Wildman–Crippen LogP) is 5.49. The third kappa shape index (κ3) is 3.37. The highest BCUT2D eigenvalue weighted by Gasteiger charge is 2.27. The van der Waals surface area contributed by atoms with Crippen molar-refractivity contribution in [2.75, 3.05) is 6.26 Å². The van der Waals surface area contributed by atoms with Crippen LogP contribution in [0.5, 0.6) is 0 Å². The van der Waals surface area contributed by atoms with Crippen LogP contribution in [-0.4, -0.2) is 17.3 Å². The van der Waals surface area contributed by atoms with Crippen molar-refractivity contribution in [3.05, 3.63) is 70.3 Å². The Bertz CT molecular complexity index is 912. The fraction of sp³-hybridized carbons (Fsp3) is 0.150. The first-order chi connectivity index (χ1) is 11.9. The van der Waals surface area contributed by atoms with Gasteiger partial charge in [-0.05, 0) is 76.9 Å². The number of halogens is 2. The van der Waals surface area contributed by atoms with E-state index in [-0.39, 0.29) is 6.42 Å². The van der Waals surface area contributed by atoms with E-state index in [0.717, 1.165) is 33.7 Å². The Balaban J connectivity index is 2.15. The van der Waals surface area contributed by atoms with E-state index in [0.29, 0.717) is 16.7 Å². The molecule has 2 nitrogen and oxygen atoms in total. The number of aliphatic carboxylic acids is 1. The minimum Gasteiger partial charge on any atom is -0.481 e. The number of fused-ring (bicyclic) bond motifs is 1. The van der Waals surface area contributed by atoms with Crippen LogP contribution < -0.4 is 0 Å². The van der Waals surface area contributed by atoms with E-state index in [1.165, 1.54) is 0 Å². The van der Waals surface area contributed by atoms with Gasteiger partial charge in [0.15, 0.2) is 11.6 Å². The molecule has 128 valence electrons. The normalized spacial score (nSPS) is 15.0. The number of carboxylic acids is 1. The molecule has 0 heterocycles. The van der Waals surface area contributed by atoms with E-state index in [9.17, 15) is 13.6 Å². The van der Waals surface area contributed by atoms with E-state index in [1.54, 1.807) is 18.7 Å². The van der Waals surface area contributed by atoms with Gasteiger partial charge in [-0.2, -0.15) is 0 Å². The number of hydrogen-bond acceptors (Lipinski definition) is 2. The Kier molecular flexibility index (Phi) is 4.77. The summed E-state index contributed by atoms with van der Waals surface area (Å²) in [4.78, 5) is 12.3. The molecule has 0 atom stereocenters. The first kappa shape index (κ1) is 17.4. The second kappa shape index (κ2) is 6.84. The smallest absolute Gasteiger partial charge is 0.307 e. The van der Waals surface area contributed by atoms with Gasteiger partial charge >= 0.3 is 5.97 Å². The van der Waals surface area contributed by atoms with E-state index < -0.39 is 17.6 Å². The largest absolute Gasteiger partial charge is 0.481 e. The van der Waals surface area contributed by atoms with Crippen LogP contribution in [0.25, 0.3) is 17.2 Å². The maximum Gasteiger partial charge on any atom is 0.307 e. The number of benzene rings is 2. The Morgan fingerprint density at radius 2 is 1.72 bits per heavy atom. The number of rotatable bonds is 4. The highest BCUT2D eigenvalue weighted by atomic mass is 32.2. The van der Waals surface area contributed by atoms with Crippen LogP contribution in [-0.2, 0) is 4.79 Å². The van der Waals surface area contributed by atoms with Gasteiger partial charge < -0.3 is 5.11 Å². The summed E-state index contributed by atoms with van der Waals surface area (Å²) in [7, 11) is 0. The minimum absolute atomic E-state index is 0.230. The fourth-order valence-electron chi connectivity index (χ4n) is 3.02. The van der Waals surface area contributed by atoms with Gasteiger partial charge in [-0.3, -0.25) is 4.79 Å². The molecule has 2 aromatic carbocycles. The molecule has 0 amide bonds. The maximum absolute atomic E-state index is 13.8. The van der Waals surface area contributed by atoms with Crippen LogP contribution >= 0.6 is 11.8 Å². The molecule has 0 aliphatic heterocycles. The molecule has 0 spiro atoms. The van der Waals surface area contributed by atoms with Crippen LogP contribution in [0, 0.1) is 11.6 Å². The molecular formula is C20H16F2O2S. The van der Waals surface area contributed by atoms with Crippen molar-refractivity contribution in [2.24, 2.45) is 0 Å². The molecule has 1 aliphatic carbocycles. The monoisotopic (exact) mass is 358 g/mol. The minimum atomic E-state index is -1.00. The Morgan fingerprint density at radius 3 is 2.28 bits per heavy atom. The molecule has 1 aliphatic rings. The van der Waals surface area contributed by atoms with Gasteiger partial charge in [0, 0.05) is 4.90 Å². The van der Waals surface area contributed by atoms with E-state index in [1.807, 2.05) is 36.6 Å². The molecule has 0 saturated carbocycles. The first-order valence-corrected chi connectivity index (χ1v) is 8.90. The van der Waals surface area contributed by atoms with Gasteiger partial charge in [0.05, 0.1) is 6.42 Å². The van der Waals surface area contributed by atoms with Crippen molar-refractivity contribution in [3.63, 3.8) is 0 Å². The van der Waals surface area contributed by atoms with Crippen molar-refractivity contribution < 1.29 is 18.7 Å². The number of carbonyl (C=O) groups is 1. The molecule has 25 heavy (non-hydrogen) atoms. The average molecular weight is 358 g/mol. The molecule has 5 heteroatoms. The van der Waals surface area contributed by atoms with Gasteiger partial charge in [-0.15, -0.1) is 11.8 Å². The average Bonchev–Trinajstić information content (AvgIpc) is 2.81. The zero-order valence-electron chi connectivity index (χ0n) is 13.8. The Morgan fingerprint density at radius 1 is 1.12 bits per heavy atom. The van der Waals surface area contributed by atoms with Crippen molar-refractivity contribution in [1.82, 2.24) is 0 Å². The van der Waals surface area contributed by atoms with E-state index >= 15 is 0 Å². The highest BCUT2D eigenvalue weighted by Crippen LogP contribution is 2.44. The maximum atomic E-state index is 13.8. The molecule has 3 rings (SSSR count). The summed E-state index contributed by atoms with van der Waals surface area (Å²) >= 11 is 1.63. The summed E-state index contributed by atoms with van der Waals surface area (Å²) in [6.45, 7) is 1.79. The number of allylic oxidation sites excluding steroid dienone is 2. The Hall–Kier alpha value is -2.40. The lowest BCUT2D eigenvalue weighted by Crippen LogP contribution is -1.98. The van der Waals surface area contributed by atoms with Crippen LogP contribution in [0.1, 0.15) is 30.0 Å². The van der Waals surface area contributed by atoms with Crippen molar-refractivity contribution in [3.8, 4) is 0 Å². The van der Waals surface area contributed by atoms with Crippen molar-refractivity contribution in [2.45, 2.75) is 18.2 Å².